The lowest BCUT2D eigenvalue weighted by molar-refractivity contribution is -0.192. The molecule has 2 aliphatic heterocycles. The van der Waals surface area contributed by atoms with E-state index in [-0.39, 0.29) is 11.9 Å². The molecule has 6 nitrogen and oxygen atoms in total. The van der Waals surface area contributed by atoms with Gasteiger partial charge in [0.25, 0.3) is 5.91 Å². The van der Waals surface area contributed by atoms with Gasteiger partial charge in [-0.15, -0.1) is 0 Å². The zero-order chi connectivity index (χ0) is 13.1. The Kier molecular flexibility index (Phi) is 4.18. The van der Waals surface area contributed by atoms with Gasteiger partial charge in [-0.05, 0) is 6.42 Å². The van der Waals surface area contributed by atoms with E-state index in [2.05, 4.69) is 15.8 Å². The number of carbonyl (C=O) groups excluding carboxylic acids is 1. The van der Waals surface area contributed by atoms with Crippen LogP contribution in [0.25, 0.3) is 0 Å². The van der Waals surface area contributed by atoms with Crippen molar-refractivity contribution in [3.05, 3.63) is 0 Å². The molecule has 2 aliphatic rings. The number of halogens is 3. The molecule has 96 valence electrons. The molecule has 9 heteroatoms. The van der Waals surface area contributed by atoms with Crippen LogP contribution in [0.15, 0.2) is 4.99 Å². The molecule has 0 radical (unpaired) electrons. The van der Waals surface area contributed by atoms with Gasteiger partial charge in [0.15, 0.2) is 0 Å². The second-order valence-electron chi connectivity index (χ2n) is 3.45. The van der Waals surface area contributed by atoms with Crippen LogP contribution in [0, 0.1) is 5.92 Å². The Bertz CT molecular complexity index is 343. The third-order valence-electron chi connectivity index (χ3n) is 2.23. The van der Waals surface area contributed by atoms with E-state index < -0.39 is 12.1 Å². The molecule has 0 aromatic rings. The third kappa shape index (κ3) is 3.79. The van der Waals surface area contributed by atoms with Gasteiger partial charge in [-0.3, -0.25) is 10.2 Å². The minimum absolute atomic E-state index is 0.0405. The Labute approximate surface area is 93.9 Å². The van der Waals surface area contributed by atoms with Gasteiger partial charge in [-0.1, -0.05) is 0 Å². The summed E-state index contributed by atoms with van der Waals surface area (Å²) >= 11 is 0. The molecule has 2 unspecified atom stereocenters. The summed E-state index contributed by atoms with van der Waals surface area (Å²) in [6, 6.07) is -0.0648. The molecular weight excluding hydrogens is 243 g/mol. The van der Waals surface area contributed by atoms with E-state index in [0.29, 0.717) is 5.92 Å². The second-order valence-corrected chi connectivity index (χ2v) is 3.45. The number of aliphatic carboxylic acids is 1. The number of hydrogen-bond donors (Lipinski definition) is 3. The van der Waals surface area contributed by atoms with Crippen LogP contribution < -0.4 is 10.9 Å². The van der Waals surface area contributed by atoms with Gasteiger partial charge in [-0.25, -0.2) is 15.2 Å². The molecule has 1 amide bonds. The second kappa shape index (κ2) is 5.23. The van der Waals surface area contributed by atoms with E-state index in [0.717, 1.165) is 13.0 Å². The Morgan fingerprint density at radius 1 is 1.53 bits per heavy atom. The van der Waals surface area contributed by atoms with Gasteiger partial charge in [0, 0.05) is 18.7 Å². The Morgan fingerprint density at radius 3 is 2.59 bits per heavy atom. The number of aliphatic imine (C=N–C) groups is 1. The molecule has 2 heterocycles. The number of carbonyl (C=O) groups is 2. The van der Waals surface area contributed by atoms with Crippen molar-refractivity contribution in [2.24, 2.45) is 10.9 Å². The van der Waals surface area contributed by atoms with Crippen molar-refractivity contribution in [1.82, 2.24) is 10.9 Å². The van der Waals surface area contributed by atoms with E-state index >= 15 is 0 Å². The van der Waals surface area contributed by atoms with Crippen molar-refractivity contribution in [3.63, 3.8) is 0 Å². The third-order valence-corrected chi connectivity index (χ3v) is 2.23. The highest BCUT2D eigenvalue weighted by atomic mass is 19.4. The lowest BCUT2D eigenvalue weighted by atomic mass is 9.96. The van der Waals surface area contributed by atoms with Gasteiger partial charge in [0.05, 0.1) is 0 Å². The summed E-state index contributed by atoms with van der Waals surface area (Å²) in [4.78, 5) is 23.6. The molecule has 0 aliphatic carbocycles. The van der Waals surface area contributed by atoms with E-state index in [4.69, 9.17) is 9.90 Å². The van der Waals surface area contributed by atoms with Crippen molar-refractivity contribution < 1.29 is 27.9 Å². The normalized spacial score (nSPS) is 27.1. The SMILES string of the molecule is O=C(O)C(F)(F)F.O=C1N=CCC2CNNC12. The van der Waals surface area contributed by atoms with E-state index in [1.165, 1.54) is 0 Å². The molecule has 17 heavy (non-hydrogen) atoms. The number of fused-ring (bicyclic) bond motifs is 1. The fourth-order valence-electron chi connectivity index (χ4n) is 1.38. The summed E-state index contributed by atoms with van der Waals surface area (Å²) in [6.45, 7) is 0.877. The summed E-state index contributed by atoms with van der Waals surface area (Å²) in [7, 11) is 0. The van der Waals surface area contributed by atoms with Crippen LogP contribution in [0.4, 0.5) is 13.2 Å². The van der Waals surface area contributed by atoms with E-state index in [1.54, 1.807) is 6.21 Å². The van der Waals surface area contributed by atoms with Gasteiger partial charge < -0.3 is 5.11 Å². The van der Waals surface area contributed by atoms with Crippen LogP contribution in [0.3, 0.4) is 0 Å². The van der Waals surface area contributed by atoms with Crippen molar-refractivity contribution in [2.45, 2.75) is 18.6 Å². The molecule has 1 fully saturated rings. The van der Waals surface area contributed by atoms with Gasteiger partial charge in [0.2, 0.25) is 0 Å². The van der Waals surface area contributed by atoms with Gasteiger partial charge >= 0.3 is 12.1 Å². The molecule has 0 aromatic heterocycles. The zero-order valence-corrected chi connectivity index (χ0v) is 8.49. The molecule has 0 aromatic carbocycles. The first-order valence-corrected chi connectivity index (χ1v) is 4.67. The minimum atomic E-state index is -5.08. The average molecular weight is 253 g/mol. The summed E-state index contributed by atoms with van der Waals surface area (Å²) < 4.78 is 31.7. The number of nitrogens with one attached hydrogen (secondary N) is 2. The van der Waals surface area contributed by atoms with E-state index in [1.807, 2.05) is 0 Å². The highest BCUT2D eigenvalue weighted by Crippen LogP contribution is 2.15. The highest BCUT2D eigenvalue weighted by molar-refractivity contribution is 5.92. The number of alkyl halides is 3. The van der Waals surface area contributed by atoms with Crippen molar-refractivity contribution >= 4 is 18.1 Å². The molecule has 3 N–H and O–H groups in total. The van der Waals surface area contributed by atoms with Gasteiger partial charge in [-0.2, -0.15) is 13.2 Å². The predicted octanol–water partition coefficient (Wildman–Crippen LogP) is -0.287. The number of hydrogen-bond acceptors (Lipinski definition) is 4. The number of nitrogens with zero attached hydrogens (tertiary/aromatic N) is 1. The molecule has 1 saturated heterocycles. The fourth-order valence-corrected chi connectivity index (χ4v) is 1.38. The van der Waals surface area contributed by atoms with Crippen LogP contribution in [0.1, 0.15) is 6.42 Å². The van der Waals surface area contributed by atoms with Crippen molar-refractivity contribution in [1.29, 1.82) is 0 Å². The van der Waals surface area contributed by atoms with E-state index in [9.17, 15) is 18.0 Å². The standard InChI is InChI=1S/C6H9N3O.C2HF3O2/c10-6-5-4(1-2-7-6)3-8-9-5;3-2(4,5)1(6)7/h2,4-5,8-9H,1,3H2;(H,6,7). The lowest BCUT2D eigenvalue weighted by Gasteiger charge is -2.15. The number of rotatable bonds is 0. The number of amides is 1. The van der Waals surface area contributed by atoms with Crippen LogP contribution in [-0.4, -0.2) is 42.0 Å². The molecular formula is C8H10F3N3O3. The minimum Gasteiger partial charge on any atom is -0.475 e. The first-order valence-electron chi connectivity index (χ1n) is 4.67. The Hall–Kier alpha value is -1.48. The first-order chi connectivity index (χ1) is 7.82. The number of carboxylic acids is 1. The quantitative estimate of drug-likeness (QED) is 0.552. The molecule has 2 rings (SSSR count). The maximum atomic E-state index is 11.0. The molecule has 0 spiro atoms. The van der Waals surface area contributed by atoms with Gasteiger partial charge in [0.1, 0.15) is 6.04 Å². The average Bonchev–Trinajstić information content (AvgIpc) is 2.66. The summed E-state index contributed by atoms with van der Waals surface area (Å²) in [5.41, 5.74) is 5.84. The summed E-state index contributed by atoms with van der Waals surface area (Å²) in [6.07, 6.45) is -2.46. The number of hydrazine groups is 1. The maximum absolute atomic E-state index is 11.0. The summed E-state index contributed by atoms with van der Waals surface area (Å²) in [5, 5.41) is 7.12. The smallest absolute Gasteiger partial charge is 0.475 e. The predicted molar refractivity (Wildman–Crippen MR) is 50.2 cm³/mol. The monoisotopic (exact) mass is 253 g/mol. The van der Waals surface area contributed by atoms with Crippen LogP contribution in [0.5, 0.6) is 0 Å². The first kappa shape index (κ1) is 13.6. The zero-order valence-electron chi connectivity index (χ0n) is 8.49. The molecule has 0 saturated carbocycles. The molecule has 2 atom stereocenters. The lowest BCUT2D eigenvalue weighted by Crippen LogP contribution is -2.39. The van der Waals surface area contributed by atoms with Crippen LogP contribution in [-0.2, 0) is 9.59 Å². The molecule has 0 bridgehead atoms. The fraction of sp³-hybridized carbons (Fsp3) is 0.625. The Balaban J connectivity index is 0.000000185. The van der Waals surface area contributed by atoms with Crippen LogP contribution >= 0.6 is 0 Å². The largest absolute Gasteiger partial charge is 0.490 e. The topological polar surface area (TPSA) is 90.8 Å². The highest BCUT2D eigenvalue weighted by Gasteiger charge is 2.38. The van der Waals surface area contributed by atoms with Crippen molar-refractivity contribution in [3.8, 4) is 0 Å². The number of carboxylic acid groups (broad SMARTS) is 1. The Morgan fingerprint density at radius 2 is 2.12 bits per heavy atom. The van der Waals surface area contributed by atoms with Crippen LogP contribution in [0.2, 0.25) is 0 Å². The maximum Gasteiger partial charge on any atom is 0.490 e. The van der Waals surface area contributed by atoms with Crippen molar-refractivity contribution in [2.75, 3.05) is 6.54 Å². The summed E-state index contributed by atoms with van der Waals surface area (Å²) in [5.74, 6) is -2.38.